The van der Waals surface area contributed by atoms with Crippen LogP contribution in [0.15, 0.2) is 17.5 Å². The van der Waals surface area contributed by atoms with Crippen LogP contribution < -0.4 is 5.32 Å². The van der Waals surface area contributed by atoms with Crippen LogP contribution in [-0.4, -0.2) is 24.8 Å². The van der Waals surface area contributed by atoms with Crippen molar-refractivity contribution in [2.75, 3.05) is 5.32 Å². The van der Waals surface area contributed by atoms with Crippen LogP contribution in [0.3, 0.4) is 0 Å². The number of aromatic nitrogens is 5. The van der Waals surface area contributed by atoms with Crippen molar-refractivity contribution in [1.29, 1.82) is 0 Å². The van der Waals surface area contributed by atoms with Crippen LogP contribution in [0.5, 0.6) is 0 Å². The highest BCUT2D eigenvalue weighted by atomic mass is 32.1. The number of fused-ring (bicyclic) bond motifs is 1. The van der Waals surface area contributed by atoms with E-state index in [0.29, 0.717) is 0 Å². The number of rotatable bonds is 3. The monoisotopic (exact) mass is 274 g/mol. The Hall–Kier alpha value is -2.02. The van der Waals surface area contributed by atoms with Crippen molar-refractivity contribution in [2.24, 2.45) is 0 Å². The molecule has 0 saturated heterocycles. The predicted molar refractivity (Wildman–Crippen MR) is 74.4 cm³/mol. The first kappa shape index (κ1) is 12.0. The van der Waals surface area contributed by atoms with Crippen LogP contribution in [-0.2, 0) is 0 Å². The lowest BCUT2D eigenvalue weighted by atomic mass is 10.3. The lowest BCUT2D eigenvalue weighted by molar-refractivity contribution is 0.820. The van der Waals surface area contributed by atoms with E-state index in [1.165, 1.54) is 0 Å². The van der Waals surface area contributed by atoms with Crippen molar-refractivity contribution >= 4 is 22.8 Å². The number of hydrogen-bond acceptors (Lipinski definition) is 6. The van der Waals surface area contributed by atoms with E-state index in [4.69, 9.17) is 0 Å². The molecule has 19 heavy (non-hydrogen) atoms. The minimum atomic E-state index is 0.125. The zero-order valence-electron chi connectivity index (χ0n) is 11.0. The van der Waals surface area contributed by atoms with Gasteiger partial charge in [0.05, 0.1) is 6.04 Å². The third-order valence-corrected chi connectivity index (χ3v) is 3.94. The lowest BCUT2D eigenvalue weighted by Crippen LogP contribution is -2.09. The molecule has 7 heteroatoms. The highest BCUT2D eigenvalue weighted by Crippen LogP contribution is 2.21. The Balaban J connectivity index is 1.86. The first-order valence-corrected chi connectivity index (χ1v) is 6.89. The molecule has 0 aliphatic rings. The van der Waals surface area contributed by atoms with Crippen LogP contribution in [0, 0.1) is 13.8 Å². The summed E-state index contributed by atoms with van der Waals surface area (Å²) < 4.78 is 1.72. The molecule has 0 fully saturated rings. The van der Waals surface area contributed by atoms with Crippen LogP contribution in [0.4, 0.5) is 5.82 Å². The average molecular weight is 274 g/mol. The molecule has 0 aromatic carbocycles. The first-order valence-electron chi connectivity index (χ1n) is 6.01. The van der Waals surface area contributed by atoms with E-state index in [9.17, 15) is 0 Å². The van der Waals surface area contributed by atoms with Crippen molar-refractivity contribution in [2.45, 2.75) is 26.8 Å². The van der Waals surface area contributed by atoms with E-state index in [2.05, 4.69) is 32.5 Å². The van der Waals surface area contributed by atoms with Gasteiger partial charge in [-0.2, -0.15) is 4.52 Å². The summed E-state index contributed by atoms with van der Waals surface area (Å²) in [4.78, 5) is 4.47. The third-order valence-electron chi connectivity index (χ3n) is 2.79. The van der Waals surface area contributed by atoms with Crippen molar-refractivity contribution in [3.05, 3.63) is 34.0 Å². The van der Waals surface area contributed by atoms with E-state index in [1.54, 1.807) is 15.9 Å². The van der Waals surface area contributed by atoms with Crippen molar-refractivity contribution in [3.63, 3.8) is 0 Å². The Bertz CT molecular complexity index is 716. The fourth-order valence-corrected chi connectivity index (χ4v) is 2.63. The molecule has 1 atom stereocenters. The maximum atomic E-state index is 4.47. The second-order valence-corrected chi connectivity index (χ2v) is 5.32. The van der Waals surface area contributed by atoms with E-state index in [-0.39, 0.29) is 6.04 Å². The molecule has 0 amide bonds. The van der Waals surface area contributed by atoms with Gasteiger partial charge >= 0.3 is 0 Å². The smallest absolute Gasteiger partial charge is 0.178 e. The Labute approximate surface area is 114 Å². The SMILES string of the molecule is Cc1csc(C(C)Nc2ccc3nnc(C)n3n2)n1. The summed E-state index contributed by atoms with van der Waals surface area (Å²) in [6.45, 7) is 5.95. The number of thiazole rings is 1. The van der Waals surface area contributed by atoms with Crippen molar-refractivity contribution in [1.82, 2.24) is 24.8 Å². The summed E-state index contributed by atoms with van der Waals surface area (Å²) in [6.07, 6.45) is 0. The Morgan fingerprint density at radius 2 is 2.11 bits per heavy atom. The second-order valence-electron chi connectivity index (χ2n) is 4.43. The highest BCUT2D eigenvalue weighted by molar-refractivity contribution is 7.09. The zero-order valence-corrected chi connectivity index (χ0v) is 11.8. The van der Waals surface area contributed by atoms with E-state index in [1.807, 2.05) is 31.4 Å². The van der Waals surface area contributed by atoms with E-state index >= 15 is 0 Å². The largest absolute Gasteiger partial charge is 0.360 e. The summed E-state index contributed by atoms with van der Waals surface area (Å²) in [6, 6.07) is 3.93. The zero-order chi connectivity index (χ0) is 13.4. The summed E-state index contributed by atoms with van der Waals surface area (Å²) >= 11 is 1.65. The van der Waals surface area contributed by atoms with Gasteiger partial charge in [-0.3, -0.25) is 0 Å². The normalized spacial score (nSPS) is 12.8. The molecular formula is C12H14N6S. The molecule has 1 N–H and O–H groups in total. The molecule has 0 saturated carbocycles. The Morgan fingerprint density at radius 3 is 2.84 bits per heavy atom. The molecule has 0 radical (unpaired) electrons. The summed E-state index contributed by atoms with van der Waals surface area (Å²) in [5.41, 5.74) is 1.80. The number of nitrogens with one attached hydrogen (secondary N) is 1. The minimum Gasteiger partial charge on any atom is -0.360 e. The van der Waals surface area contributed by atoms with Gasteiger partial charge in [0, 0.05) is 11.1 Å². The maximum absolute atomic E-state index is 4.47. The van der Waals surface area contributed by atoms with Gasteiger partial charge in [0.2, 0.25) is 0 Å². The molecule has 3 aromatic heterocycles. The summed E-state index contributed by atoms with van der Waals surface area (Å²) in [5.74, 6) is 1.56. The second kappa shape index (κ2) is 4.58. The quantitative estimate of drug-likeness (QED) is 0.794. The van der Waals surface area contributed by atoms with Crippen LogP contribution in [0.2, 0.25) is 0 Å². The minimum absolute atomic E-state index is 0.125. The third kappa shape index (κ3) is 2.28. The topological polar surface area (TPSA) is 68.0 Å². The van der Waals surface area contributed by atoms with Gasteiger partial charge in [-0.1, -0.05) is 0 Å². The van der Waals surface area contributed by atoms with Crippen molar-refractivity contribution in [3.8, 4) is 0 Å². The lowest BCUT2D eigenvalue weighted by Gasteiger charge is -2.11. The molecule has 3 rings (SSSR count). The molecular weight excluding hydrogens is 260 g/mol. The van der Waals surface area contributed by atoms with Crippen LogP contribution in [0.25, 0.3) is 5.65 Å². The average Bonchev–Trinajstić information content (AvgIpc) is 2.97. The van der Waals surface area contributed by atoms with Crippen molar-refractivity contribution < 1.29 is 0 Å². The molecule has 0 spiro atoms. The van der Waals surface area contributed by atoms with Crippen LogP contribution >= 0.6 is 11.3 Å². The highest BCUT2D eigenvalue weighted by Gasteiger charge is 2.11. The molecule has 3 heterocycles. The number of nitrogens with zero attached hydrogens (tertiary/aromatic N) is 5. The molecule has 3 aromatic rings. The molecule has 0 aliphatic carbocycles. The van der Waals surface area contributed by atoms with Gasteiger partial charge in [-0.25, -0.2) is 4.98 Å². The Kier molecular flexibility index (Phi) is 2.90. The molecule has 0 aliphatic heterocycles. The maximum Gasteiger partial charge on any atom is 0.178 e. The van der Waals surface area contributed by atoms with Gasteiger partial charge in [0.1, 0.15) is 10.8 Å². The molecule has 0 bridgehead atoms. The van der Waals surface area contributed by atoms with Gasteiger partial charge in [0.25, 0.3) is 0 Å². The van der Waals surface area contributed by atoms with E-state index in [0.717, 1.165) is 28.0 Å². The fraction of sp³-hybridized carbons (Fsp3) is 0.333. The van der Waals surface area contributed by atoms with E-state index < -0.39 is 0 Å². The number of anilines is 1. The van der Waals surface area contributed by atoms with Gasteiger partial charge < -0.3 is 5.32 Å². The number of aryl methyl sites for hydroxylation is 2. The van der Waals surface area contributed by atoms with Gasteiger partial charge in [0.15, 0.2) is 11.5 Å². The predicted octanol–water partition coefficient (Wildman–Crippen LogP) is 2.37. The fourth-order valence-electron chi connectivity index (χ4n) is 1.83. The first-order chi connectivity index (χ1) is 9.13. The molecule has 6 nitrogen and oxygen atoms in total. The number of hydrogen-bond donors (Lipinski definition) is 1. The van der Waals surface area contributed by atoms with Gasteiger partial charge in [-0.15, -0.1) is 26.6 Å². The summed E-state index contributed by atoms with van der Waals surface area (Å²) in [7, 11) is 0. The standard InChI is InChI=1S/C12H14N6S/c1-7-6-19-12(13-7)8(2)14-10-4-5-11-16-15-9(3)18(11)17-10/h4-6,8H,1-3H3,(H,14,17). The Morgan fingerprint density at radius 1 is 1.26 bits per heavy atom. The molecule has 1 unspecified atom stereocenters. The summed E-state index contributed by atoms with van der Waals surface area (Å²) in [5, 5.41) is 18.9. The van der Waals surface area contributed by atoms with Crippen LogP contribution in [0.1, 0.15) is 29.5 Å². The van der Waals surface area contributed by atoms with Gasteiger partial charge in [-0.05, 0) is 32.9 Å². The molecule has 98 valence electrons.